The molecule has 3 heterocycles. The van der Waals surface area contributed by atoms with Crippen molar-refractivity contribution in [3.63, 3.8) is 0 Å². The molecule has 2 aliphatic rings. The lowest BCUT2D eigenvalue weighted by Crippen LogP contribution is -2.37. The van der Waals surface area contributed by atoms with Gasteiger partial charge >= 0.3 is 0 Å². The Morgan fingerprint density at radius 3 is 2.92 bits per heavy atom. The quantitative estimate of drug-likeness (QED) is 0.864. The average molecular weight is 329 g/mol. The van der Waals surface area contributed by atoms with Crippen molar-refractivity contribution in [1.82, 2.24) is 9.97 Å². The minimum Gasteiger partial charge on any atom is -0.493 e. The molecule has 0 saturated carbocycles. The molecule has 126 valence electrons. The second-order valence-corrected chi connectivity index (χ2v) is 6.25. The third-order valence-corrected chi connectivity index (χ3v) is 4.51. The van der Waals surface area contributed by atoms with Crippen LogP contribution in [0.4, 0.5) is 10.2 Å². The van der Waals surface area contributed by atoms with Crippen LogP contribution in [-0.4, -0.2) is 42.9 Å². The molecule has 0 amide bonds. The predicted molar refractivity (Wildman–Crippen MR) is 87.9 cm³/mol. The molecule has 2 aliphatic heterocycles. The summed E-state index contributed by atoms with van der Waals surface area (Å²) in [6.45, 7) is 3.17. The van der Waals surface area contributed by atoms with Gasteiger partial charge in [-0.15, -0.1) is 0 Å². The van der Waals surface area contributed by atoms with Gasteiger partial charge in [0.05, 0.1) is 26.0 Å². The van der Waals surface area contributed by atoms with Gasteiger partial charge in [-0.2, -0.15) is 0 Å². The highest BCUT2D eigenvalue weighted by molar-refractivity contribution is 5.40. The molecule has 0 aliphatic carbocycles. The largest absolute Gasteiger partial charge is 0.493 e. The van der Waals surface area contributed by atoms with Gasteiger partial charge in [-0.1, -0.05) is 18.2 Å². The van der Waals surface area contributed by atoms with Crippen LogP contribution in [0.5, 0.6) is 5.75 Å². The van der Waals surface area contributed by atoms with Gasteiger partial charge in [0.25, 0.3) is 0 Å². The highest BCUT2D eigenvalue weighted by Gasteiger charge is 2.23. The Morgan fingerprint density at radius 2 is 2.04 bits per heavy atom. The monoisotopic (exact) mass is 329 g/mol. The Kier molecular flexibility index (Phi) is 4.30. The van der Waals surface area contributed by atoms with Crippen molar-refractivity contribution in [1.29, 1.82) is 0 Å². The molecular weight excluding hydrogens is 309 g/mol. The number of benzene rings is 1. The fraction of sp³-hybridized carbons (Fsp3) is 0.444. The molecule has 1 aromatic carbocycles. The van der Waals surface area contributed by atoms with E-state index < -0.39 is 0 Å². The average Bonchev–Trinajstić information content (AvgIpc) is 2.64. The Hall–Kier alpha value is -2.21. The summed E-state index contributed by atoms with van der Waals surface area (Å²) in [4.78, 5) is 10.6. The SMILES string of the molecule is Fc1cnc(C[C@H]2COc3ccccc3C2)nc1N1CCOCC1. The molecule has 6 heteroatoms. The van der Waals surface area contributed by atoms with Crippen LogP contribution < -0.4 is 9.64 Å². The summed E-state index contributed by atoms with van der Waals surface area (Å²) < 4.78 is 25.2. The lowest BCUT2D eigenvalue weighted by Gasteiger charge is -2.28. The molecule has 0 N–H and O–H groups in total. The zero-order chi connectivity index (χ0) is 16.4. The van der Waals surface area contributed by atoms with Gasteiger partial charge < -0.3 is 14.4 Å². The lowest BCUT2D eigenvalue weighted by atomic mass is 9.94. The number of anilines is 1. The molecule has 1 atom stereocenters. The minimum absolute atomic E-state index is 0.308. The molecule has 5 nitrogen and oxygen atoms in total. The molecule has 1 saturated heterocycles. The molecule has 4 rings (SSSR count). The predicted octanol–water partition coefficient (Wildman–Crippen LogP) is 2.25. The van der Waals surface area contributed by atoms with Crippen LogP contribution in [0.1, 0.15) is 11.4 Å². The molecule has 0 unspecified atom stereocenters. The van der Waals surface area contributed by atoms with Crippen molar-refractivity contribution in [2.75, 3.05) is 37.8 Å². The maximum Gasteiger partial charge on any atom is 0.183 e. The normalized spacial score (nSPS) is 20.4. The maximum atomic E-state index is 14.1. The van der Waals surface area contributed by atoms with E-state index in [1.165, 1.54) is 11.8 Å². The Morgan fingerprint density at radius 1 is 1.21 bits per heavy atom. The van der Waals surface area contributed by atoms with Crippen molar-refractivity contribution in [2.24, 2.45) is 5.92 Å². The van der Waals surface area contributed by atoms with Crippen molar-refractivity contribution in [2.45, 2.75) is 12.8 Å². The summed E-state index contributed by atoms with van der Waals surface area (Å²) in [6.07, 6.45) is 2.90. The number of morpholine rings is 1. The van der Waals surface area contributed by atoms with Gasteiger partial charge in [-0.25, -0.2) is 14.4 Å². The van der Waals surface area contributed by atoms with Gasteiger partial charge in [0.1, 0.15) is 11.6 Å². The summed E-state index contributed by atoms with van der Waals surface area (Å²) in [6, 6.07) is 8.09. The maximum absolute atomic E-state index is 14.1. The Labute approximate surface area is 140 Å². The second-order valence-electron chi connectivity index (χ2n) is 6.25. The minimum atomic E-state index is -0.370. The van der Waals surface area contributed by atoms with E-state index in [1.54, 1.807) is 0 Å². The number of hydrogen-bond acceptors (Lipinski definition) is 5. The van der Waals surface area contributed by atoms with E-state index in [1.807, 2.05) is 23.1 Å². The Bertz CT molecular complexity index is 719. The number of ether oxygens (including phenoxy) is 2. The number of rotatable bonds is 3. The first-order chi connectivity index (χ1) is 11.8. The molecule has 1 aromatic heterocycles. The van der Waals surface area contributed by atoms with Gasteiger partial charge in [0, 0.05) is 25.4 Å². The van der Waals surface area contributed by atoms with Crippen LogP contribution in [0.15, 0.2) is 30.5 Å². The van der Waals surface area contributed by atoms with Crippen LogP contribution in [0, 0.1) is 11.7 Å². The third kappa shape index (κ3) is 3.19. The van der Waals surface area contributed by atoms with E-state index in [0.717, 1.165) is 12.2 Å². The number of fused-ring (bicyclic) bond motifs is 1. The summed E-state index contributed by atoms with van der Waals surface area (Å²) in [5.41, 5.74) is 1.21. The molecule has 2 aromatic rings. The van der Waals surface area contributed by atoms with Gasteiger partial charge in [-0.3, -0.25) is 0 Å². The smallest absolute Gasteiger partial charge is 0.183 e. The van der Waals surface area contributed by atoms with E-state index in [0.29, 0.717) is 56.9 Å². The van der Waals surface area contributed by atoms with Crippen molar-refractivity contribution in [3.05, 3.63) is 47.7 Å². The molecular formula is C18H20FN3O2. The summed E-state index contributed by atoms with van der Waals surface area (Å²) in [5.74, 6) is 1.96. The third-order valence-electron chi connectivity index (χ3n) is 4.51. The van der Waals surface area contributed by atoms with E-state index in [4.69, 9.17) is 9.47 Å². The van der Waals surface area contributed by atoms with E-state index in [2.05, 4.69) is 16.0 Å². The molecule has 0 radical (unpaired) electrons. The summed E-state index contributed by atoms with van der Waals surface area (Å²) in [5, 5.41) is 0. The van der Waals surface area contributed by atoms with Crippen LogP contribution in [-0.2, 0) is 17.6 Å². The zero-order valence-electron chi connectivity index (χ0n) is 13.4. The highest BCUT2D eigenvalue weighted by atomic mass is 19.1. The number of aromatic nitrogens is 2. The molecule has 0 spiro atoms. The number of para-hydroxylation sites is 1. The molecule has 0 bridgehead atoms. The van der Waals surface area contributed by atoms with Crippen LogP contribution in [0.2, 0.25) is 0 Å². The van der Waals surface area contributed by atoms with E-state index >= 15 is 0 Å². The van der Waals surface area contributed by atoms with Crippen LogP contribution in [0.3, 0.4) is 0 Å². The fourth-order valence-corrected chi connectivity index (χ4v) is 3.27. The Balaban J connectivity index is 1.49. The number of halogens is 1. The van der Waals surface area contributed by atoms with Crippen molar-refractivity contribution < 1.29 is 13.9 Å². The van der Waals surface area contributed by atoms with Crippen molar-refractivity contribution >= 4 is 5.82 Å². The lowest BCUT2D eigenvalue weighted by molar-refractivity contribution is 0.122. The standard InChI is InChI=1S/C18H20FN3O2/c19-15-11-20-17(21-18(15)22-5-7-23-8-6-22)10-13-9-14-3-1-2-4-16(14)24-12-13/h1-4,11,13H,5-10,12H2/t13-/m0/s1. The first-order valence-electron chi connectivity index (χ1n) is 8.34. The zero-order valence-corrected chi connectivity index (χ0v) is 13.4. The second kappa shape index (κ2) is 6.73. The molecule has 1 fully saturated rings. The van der Waals surface area contributed by atoms with E-state index in [9.17, 15) is 4.39 Å². The van der Waals surface area contributed by atoms with Gasteiger partial charge in [-0.05, 0) is 18.1 Å². The van der Waals surface area contributed by atoms with Crippen LogP contribution >= 0.6 is 0 Å². The topological polar surface area (TPSA) is 47.5 Å². The van der Waals surface area contributed by atoms with Gasteiger partial charge in [0.2, 0.25) is 0 Å². The fourth-order valence-electron chi connectivity index (χ4n) is 3.27. The van der Waals surface area contributed by atoms with Gasteiger partial charge in [0.15, 0.2) is 11.6 Å². The van der Waals surface area contributed by atoms with E-state index in [-0.39, 0.29) is 5.82 Å². The first kappa shape index (κ1) is 15.3. The van der Waals surface area contributed by atoms with Crippen molar-refractivity contribution in [3.8, 4) is 5.75 Å². The summed E-state index contributed by atoms with van der Waals surface area (Å²) in [7, 11) is 0. The summed E-state index contributed by atoms with van der Waals surface area (Å²) >= 11 is 0. The molecule has 24 heavy (non-hydrogen) atoms. The van der Waals surface area contributed by atoms with Crippen LogP contribution in [0.25, 0.3) is 0 Å². The number of hydrogen-bond donors (Lipinski definition) is 0. The number of nitrogens with zero attached hydrogens (tertiary/aromatic N) is 3. The first-order valence-corrected chi connectivity index (χ1v) is 8.34. The highest BCUT2D eigenvalue weighted by Crippen LogP contribution is 2.28.